The molecule has 22 heavy (non-hydrogen) atoms. The molecule has 120 valence electrons. The number of hydrogen-bond donors (Lipinski definition) is 2. The Morgan fingerprint density at radius 1 is 1.45 bits per heavy atom. The van der Waals surface area contributed by atoms with Gasteiger partial charge in [-0.05, 0) is 13.0 Å². The second kappa shape index (κ2) is 7.50. The minimum atomic E-state index is -1.21. The molecule has 0 aliphatic carbocycles. The summed E-state index contributed by atoms with van der Waals surface area (Å²) < 4.78 is 0. The summed E-state index contributed by atoms with van der Waals surface area (Å²) in [4.78, 5) is 45.4. The molecule has 2 N–H and O–H groups in total. The van der Waals surface area contributed by atoms with Crippen LogP contribution in [0.2, 0.25) is 0 Å². The first-order chi connectivity index (χ1) is 10.2. The van der Waals surface area contributed by atoms with Gasteiger partial charge in [0.2, 0.25) is 5.91 Å². The van der Waals surface area contributed by atoms with E-state index in [9.17, 15) is 24.5 Å². The number of nitrogens with one attached hydrogen (secondary N) is 1. The van der Waals surface area contributed by atoms with Crippen LogP contribution in [-0.2, 0) is 9.59 Å². The molecular formula is C12H15N3O6S. The third kappa shape index (κ3) is 4.52. The van der Waals surface area contributed by atoms with Crippen molar-refractivity contribution in [3.8, 4) is 0 Å². The van der Waals surface area contributed by atoms with Crippen LogP contribution in [0.25, 0.3) is 0 Å². The van der Waals surface area contributed by atoms with Gasteiger partial charge in [-0.15, -0.1) is 0 Å². The number of aliphatic carboxylic acids is 1. The van der Waals surface area contributed by atoms with E-state index in [4.69, 9.17) is 5.11 Å². The number of rotatable bonds is 7. The van der Waals surface area contributed by atoms with Crippen LogP contribution >= 0.6 is 11.3 Å². The van der Waals surface area contributed by atoms with Gasteiger partial charge in [0.25, 0.3) is 5.91 Å². The summed E-state index contributed by atoms with van der Waals surface area (Å²) in [6, 6.07) is 1.35. The van der Waals surface area contributed by atoms with Gasteiger partial charge >= 0.3 is 11.0 Å². The molecule has 0 saturated heterocycles. The molecular weight excluding hydrogens is 314 g/mol. The van der Waals surface area contributed by atoms with Crippen LogP contribution in [0.4, 0.5) is 5.00 Å². The van der Waals surface area contributed by atoms with Crippen LogP contribution in [0.1, 0.15) is 23.5 Å². The number of carbonyl (C=O) groups excluding carboxylic acids is 2. The molecule has 1 aromatic rings. The average molecular weight is 329 g/mol. The van der Waals surface area contributed by atoms with Gasteiger partial charge in [0.05, 0.1) is 9.80 Å². The molecule has 0 aromatic carbocycles. The van der Waals surface area contributed by atoms with Crippen LogP contribution in [0, 0.1) is 10.1 Å². The summed E-state index contributed by atoms with van der Waals surface area (Å²) in [5, 5.41) is 22.0. The smallest absolute Gasteiger partial charge is 0.326 e. The molecule has 9 nitrogen and oxygen atoms in total. The monoisotopic (exact) mass is 329 g/mol. The van der Waals surface area contributed by atoms with E-state index in [1.54, 1.807) is 0 Å². The van der Waals surface area contributed by atoms with Crippen molar-refractivity contribution in [2.75, 3.05) is 13.1 Å². The highest BCUT2D eigenvalue weighted by molar-refractivity contribution is 7.17. The van der Waals surface area contributed by atoms with Crippen LogP contribution < -0.4 is 5.32 Å². The first-order valence-electron chi connectivity index (χ1n) is 6.26. The first kappa shape index (κ1) is 17.6. The Morgan fingerprint density at radius 2 is 2.09 bits per heavy atom. The summed E-state index contributed by atoms with van der Waals surface area (Å²) in [5.74, 6) is -2.14. The van der Waals surface area contributed by atoms with Crippen molar-refractivity contribution in [3.63, 3.8) is 0 Å². The van der Waals surface area contributed by atoms with Gasteiger partial charge in [-0.1, -0.05) is 11.3 Å². The number of hydrogen-bond acceptors (Lipinski definition) is 6. The van der Waals surface area contributed by atoms with Crippen LogP contribution in [0.3, 0.4) is 0 Å². The zero-order chi connectivity index (χ0) is 16.9. The zero-order valence-electron chi connectivity index (χ0n) is 11.9. The lowest BCUT2D eigenvalue weighted by Gasteiger charge is -2.26. The van der Waals surface area contributed by atoms with E-state index in [1.807, 2.05) is 0 Å². The molecule has 2 amide bonds. The Labute approximate surface area is 129 Å². The highest BCUT2D eigenvalue weighted by atomic mass is 32.1. The van der Waals surface area contributed by atoms with E-state index in [0.29, 0.717) is 11.3 Å². The Morgan fingerprint density at radius 3 is 2.55 bits per heavy atom. The Balaban J connectivity index is 2.92. The second-order valence-electron chi connectivity index (χ2n) is 4.39. The van der Waals surface area contributed by atoms with E-state index < -0.39 is 22.8 Å². The van der Waals surface area contributed by atoms with E-state index in [2.05, 4.69) is 5.32 Å². The number of nitrogens with zero attached hydrogens (tertiary/aromatic N) is 2. The molecule has 1 rings (SSSR count). The molecule has 0 radical (unpaired) electrons. The number of carboxylic acids is 1. The summed E-state index contributed by atoms with van der Waals surface area (Å²) in [6.07, 6.45) is 0. The molecule has 0 fully saturated rings. The van der Waals surface area contributed by atoms with Gasteiger partial charge in [0, 0.05) is 26.1 Å². The Bertz CT molecular complexity index is 599. The number of nitro groups is 1. The van der Waals surface area contributed by atoms with Gasteiger partial charge in [-0.2, -0.15) is 0 Å². The van der Waals surface area contributed by atoms with Crippen molar-refractivity contribution in [2.24, 2.45) is 0 Å². The Hall–Kier alpha value is -2.49. The van der Waals surface area contributed by atoms with Gasteiger partial charge in [0.1, 0.15) is 6.04 Å². The van der Waals surface area contributed by atoms with Crippen LogP contribution in [0.5, 0.6) is 0 Å². The predicted molar refractivity (Wildman–Crippen MR) is 77.8 cm³/mol. The van der Waals surface area contributed by atoms with Gasteiger partial charge in [0.15, 0.2) is 0 Å². The van der Waals surface area contributed by atoms with E-state index in [1.165, 1.54) is 26.0 Å². The fourth-order valence-corrected chi connectivity index (χ4v) is 2.42. The van der Waals surface area contributed by atoms with E-state index >= 15 is 0 Å². The highest BCUT2D eigenvalue weighted by Gasteiger charge is 2.28. The molecule has 0 aliphatic rings. The highest BCUT2D eigenvalue weighted by Crippen LogP contribution is 2.25. The molecule has 0 spiro atoms. The molecule has 0 aliphatic heterocycles. The standard InChI is InChI=1S/C12H15N3O6S/c1-7(12(18)19)14(6-5-13-8(2)16)11(17)9-3-4-10(22-9)15(20)21/h3-4,7H,5-6H2,1-2H3,(H,13,16)(H,18,19). The predicted octanol–water partition coefficient (Wildman–Crippen LogP) is 0.708. The van der Waals surface area contributed by atoms with Gasteiger partial charge in [-0.3, -0.25) is 19.7 Å². The lowest BCUT2D eigenvalue weighted by molar-refractivity contribution is -0.380. The molecule has 1 heterocycles. The average Bonchev–Trinajstić information content (AvgIpc) is 2.91. The third-order valence-corrected chi connectivity index (χ3v) is 3.82. The summed E-state index contributed by atoms with van der Waals surface area (Å²) >= 11 is 0.676. The van der Waals surface area contributed by atoms with Gasteiger partial charge < -0.3 is 15.3 Å². The number of amides is 2. The minimum absolute atomic E-state index is 0.0163. The number of thiophene rings is 1. The van der Waals surface area contributed by atoms with Crippen LogP contribution in [-0.4, -0.2) is 51.8 Å². The largest absolute Gasteiger partial charge is 0.480 e. The van der Waals surface area contributed by atoms with E-state index in [-0.39, 0.29) is 28.9 Å². The fourth-order valence-electron chi connectivity index (χ4n) is 1.64. The number of carboxylic acid groups (broad SMARTS) is 1. The normalized spacial score (nSPS) is 11.5. The maximum Gasteiger partial charge on any atom is 0.326 e. The second-order valence-corrected chi connectivity index (χ2v) is 5.45. The van der Waals surface area contributed by atoms with Crippen molar-refractivity contribution in [3.05, 3.63) is 27.1 Å². The molecule has 1 atom stereocenters. The lowest BCUT2D eigenvalue weighted by atomic mass is 10.2. The quantitative estimate of drug-likeness (QED) is 0.559. The third-order valence-electron chi connectivity index (χ3n) is 2.79. The van der Waals surface area contributed by atoms with Crippen molar-refractivity contribution in [1.29, 1.82) is 0 Å². The summed E-state index contributed by atoms with van der Waals surface area (Å²) in [6.45, 7) is 2.70. The summed E-state index contributed by atoms with van der Waals surface area (Å²) in [7, 11) is 0. The van der Waals surface area contributed by atoms with E-state index in [0.717, 1.165) is 4.90 Å². The Kier molecular flexibility index (Phi) is 5.99. The fraction of sp³-hybridized carbons (Fsp3) is 0.417. The zero-order valence-corrected chi connectivity index (χ0v) is 12.8. The maximum absolute atomic E-state index is 12.3. The van der Waals surface area contributed by atoms with Crippen molar-refractivity contribution >= 4 is 34.1 Å². The lowest BCUT2D eigenvalue weighted by Crippen LogP contribution is -2.46. The summed E-state index contributed by atoms with van der Waals surface area (Å²) in [5.41, 5.74) is 0. The molecule has 0 saturated carbocycles. The van der Waals surface area contributed by atoms with Crippen molar-refractivity contribution in [2.45, 2.75) is 19.9 Å². The molecule has 10 heteroatoms. The topological polar surface area (TPSA) is 130 Å². The van der Waals surface area contributed by atoms with Gasteiger partial charge in [-0.25, -0.2) is 4.79 Å². The van der Waals surface area contributed by atoms with Crippen molar-refractivity contribution < 1.29 is 24.4 Å². The van der Waals surface area contributed by atoms with Crippen LogP contribution in [0.15, 0.2) is 12.1 Å². The maximum atomic E-state index is 12.3. The first-order valence-corrected chi connectivity index (χ1v) is 7.08. The SMILES string of the molecule is CC(=O)NCCN(C(=O)c1ccc([N+](=O)[O-])s1)C(C)C(=O)O. The van der Waals surface area contributed by atoms with Crippen molar-refractivity contribution in [1.82, 2.24) is 10.2 Å². The minimum Gasteiger partial charge on any atom is -0.480 e. The molecule has 0 bridgehead atoms. The molecule has 1 aromatic heterocycles. The molecule has 1 unspecified atom stereocenters. The number of carbonyl (C=O) groups is 3.